The van der Waals surface area contributed by atoms with Crippen molar-refractivity contribution in [2.75, 3.05) is 19.7 Å². The molecule has 0 heterocycles. The molecular formula is C18H30N2O2. The molecule has 2 amide bonds. The normalized spacial score (nSPS) is 11.3. The van der Waals surface area contributed by atoms with Crippen molar-refractivity contribution >= 4 is 6.03 Å². The van der Waals surface area contributed by atoms with E-state index in [4.69, 9.17) is 5.11 Å². The molecule has 0 aliphatic heterocycles. The number of amides is 2. The van der Waals surface area contributed by atoms with Crippen LogP contribution >= 0.6 is 0 Å². The summed E-state index contributed by atoms with van der Waals surface area (Å²) in [6.45, 7) is 9.69. The van der Waals surface area contributed by atoms with Gasteiger partial charge in [0.25, 0.3) is 0 Å². The van der Waals surface area contributed by atoms with E-state index in [1.807, 2.05) is 13.8 Å². The molecule has 1 aromatic rings. The maximum Gasteiger partial charge on any atom is 0.314 e. The molecule has 3 N–H and O–H groups in total. The van der Waals surface area contributed by atoms with E-state index in [-0.39, 0.29) is 18.1 Å². The van der Waals surface area contributed by atoms with Gasteiger partial charge in [-0.15, -0.1) is 0 Å². The maximum absolute atomic E-state index is 11.7. The largest absolute Gasteiger partial charge is 0.396 e. The molecule has 0 atom stereocenters. The van der Waals surface area contributed by atoms with Gasteiger partial charge in [-0.3, -0.25) is 0 Å². The van der Waals surface area contributed by atoms with Gasteiger partial charge in [0, 0.05) is 19.7 Å². The maximum atomic E-state index is 11.7. The molecule has 22 heavy (non-hydrogen) atoms. The quantitative estimate of drug-likeness (QED) is 0.647. The SMILES string of the molecule is Cc1ccc(CCNC(=O)NCCCC(C)(C)CO)c(C)c1. The fraction of sp³-hybridized carbons (Fsp3) is 0.611. The number of hydrogen-bond acceptors (Lipinski definition) is 2. The Kier molecular flexibility index (Phi) is 7.39. The number of aliphatic hydroxyl groups is 1. The van der Waals surface area contributed by atoms with E-state index in [0.29, 0.717) is 13.1 Å². The highest BCUT2D eigenvalue weighted by molar-refractivity contribution is 5.73. The van der Waals surface area contributed by atoms with Crippen molar-refractivity contribution in [2.24, 2.45) is 5.41 Å². The topological polar surface area (TPSA) is 61.4 Å². The second-order valence-corrected chi connectivity index (χ2v) is 6.79. The molecule has 0 aliphatic rings. The summed E-state index contributed by atoms with van der Waals surface area (Å²) in [6.07, 6.45) is 2.61. The summed E-state index contributed by atoms with van der Waals surface area (Å²) in [4.78, 5) is 11.7. The number of rotatable bonds is 8. The van der Waals surface area contributed by atoms with Crippen LogP contribution in [-0.2, 0) is 6.42 Å². The Morgan fingerprint density at radius 3 is 2.50 bits per heavy atom. The fourth-order valence-corrected chi connectivity index (χ4v) is 2.35. The van der Waals surface area contributed by atoms with Crippen molar-refractivity contribution in [1.82, 2.24) is 10.6 Å². The van der Waals surface area contributed by atoms with Crippen LogP contribution in [0.25, 0.3) is 0 Å². The van der Waals surface area contributed by atoms with E-state index >= 15 is 0 Å². The molecule has 0 fully saturated rings. The molecule has 124 valence electrons. The zero-order chi connectivity index (χ0) is 16.6. The average Bonchev–Trinajstić information content (AvgIpc) is 2.46. The average molecular weight is 306 g/mol. The summed E-state index contributed by atoms with van der Waals surface area (Å²) in [7, 11) is 0. The first-order valence-corrected chi connectivity index (χ1v) is 8.03. The molecular weight excluding hydrogens is 276 g/mol. The van der Waals surface area contributed by atoms with E-state index in [1.165, 1.54) is 16.7 Å². The first kappa shape index (κ1) is 18.5. The number of carbonyl (C=O) groups excluding carboxylic acids is 1. The third kappa shape index (κ3) is 6.94. The number of urea groups is 1. The molecule has 0 aliphatic carbocycles. The molecule has 0 unspecified atom stereocenters. The first-order valence-electron chi connectivity index (χ1n) is 8.03. The molecule has 0 bridgehead atoms. The molecule has 0 saturated carbocycles. The van der Waals surface area contributed by atoms with Crippen molar-refractivity contribution < 1.29 is 9.90 Å². The Bertz CT molecular complexity index is 484. The van der Waals surface area contributed by atoms with E-state index in [9.17, 15) is 4.79 Å². The van der Waals surface area contributed by atoms with Gasteiger partial charge in [-0.2, -0.15) is 0 Å². The van der Waals surface area contributed by atoms with Crippen LogP contribution in [0, 0.1) is 19.3 Å². The number of nitrogens with one attached hydrogen (secondary N) is 2. The monoisotopic (exact) mass is 306 g/mol. The molecule has 1 aromatic carbocycles. The zero-order valence-electron chi connectivity index (χ0n) is 14.3. The minimum absolute atomic E-state index is 0.0683. The zero-order valence-corrected chi connectivity index (χ0v) is 14.3. The summed E-state index contributed by atoms with van der Waals surface area (Å²) in [5, 5.41) is 14.9. The third-order valence-electron chi connectivity index (χ3n) is 3.92. The molecule has 0 radical (unpaired) electrons. The fourth-order valence-electron chi connectivity index (χ4n) is 2.35. The lowest BCUT2D eigenvalue weighted by atomic mass is 9.89. The number of aryl methyl sites for hydroxylation is 2. The minimum atomic E-state index is -0.119. The molecule has 0 aromatic heterocycles. The van der Waals surface area contributed by atoms with Gasteiger partial charge in [0.1, 0.15) is 0 Å². The predicted octanol–water partition coefficient (Wildman–Crippen LogP) is 2.94. The van der Waals surface area contributed by atoms with Gasteiger partial charge in [0.05, 0.1) is 0 Å². The molecule has 1 rings (SSSR count). The second kappa shape index (κ2) is 8.79. The van der Waals surface area contributed by atoms with Crippen LogP contribution < -0.4 is 10.6 Å². The highest BCUT2D eigenvalue weighted by Crippen LogP contribution is 2.20. The van der Waals surface area contributed by atoms with Gasteiger partial charge in [-0.1, -0.05) is 37.6 Å². The van der Waals surface area contributed by atoms with Crippen LogP contribution in [0.2, 0.25) is 0 Å². The second-order valence-electron chi connectivity index (χ2n) is 6.79. The molecule has 4 heteroatoms. The summed E-state index contributed by atoms with van der Waals surface area (Å²) < 4.78 is 0. The van der Waals surface area contributed by atoms with Crippen molar-refractivity contribution in [1.29, 1.82) is 0 Å². The highest BCUT2D eigenvalue weighted by Gasteiger charge is 2.15. The lowest BCUT2D eigenvalue weighted by Gasteiger charge is -2.21. The van der Waals surface area contributed by atoms with E-state index in [0.717, 1.165) is 19.3 Å². The Hall–Kier alpha value is -1.55. The van der Waals surface area contributed by atoms with Crippen LogP contribution in [-0.4, -0.2) is 30.8 Å². The highest BCUT2D eigenvalue weighted by atomic mass is 16.3. The van der Waals surface area contributed by atoms with E-state index in [1.54, 1.807) is 0 Å². The van der Waals surface area contributed by atoms with Gasteiger partial charge in [0.15, 0.2) is 0 Å². The summed E-state index contributed by atoms with van der Waals surface area (Å²) in [5.41, 5.74) is 3.74. The van der Waals surface area contributed by atoms with Gasteiger partial charge in [-0.05, 0) is 49.7 Å². The predicted molar refractivity (Wildman–Crippen MR) is 91.1 cm³/mol. The Labute approximate surface area is 134 Å². The van der Waals surface area contributed by atoms with Crippen molar-refractivity contribution in [3.05, 3.63) is 34.9 Å². The Morgan fingerprint density at radius 1 is 1.18 bits per heavy atom. The standard InChI is InChI=1S/C18H30N2O2/c1-14-6-7-16(15(2)12-14)8-11-20-17(22)19-10-5-9-18(3,4)13-21/h6-7,12,21H,5,8-11,13H2,1-4H3,(H2,19,20,22). The van der Waals surface area contributed by atoms with Crippen molar-refractivity contribution in [2.45, 2.75) is 47.0 Å². The number of aliphatic hydroxyl groups excluding tert-OH is 1. The van der Waals surface area contributed by atoms with Gasteiger partial charge in [0.2, 0.25) is 0 Å². The van der Waals surface area contributed by atoms with Gasteiger partial charge >= 0.3 is 6.03 Å². The minimum Gasteiger partial charge on any atom is -0.396 e. The van der Waals surface area contributed by atoms with Crippen molar-refractivity contribution in [3.8, 4) is 0 Å². The number of benzene rings is 1. The van der Waals surface area contributed by atoms with Gasteiger partial charge in [-0.25, -0.2) is 4.79 Å². The van der Waals surface area contributed by atoms with Crippen LogP contribution in [0.4, 0.5) is 4.79 Å². The Morgan fingerprint density at radius 2 is 1.86 bits per heavy atom. The third-order valence-corrected chi connectivity index (χ3v) is 3.92. The number of hydrogen-bond donors (Lipinski definition) is 3. The van der Waals surface area contributed by atoms with Crippen molar-refractivity contribution in [3.63, 3.8) is 0 Å². The van der Waals surface area contributed by atoms with E-state index < -0.39 is 0 Å². The smallest absolute Gasteiger partial charge is 0.314 e. The van der Waals surface area contributed by atoms with Crippen LogP contribution in [0.15, 0.2) is 18.2 Å². The summed E-state index contributed by atoms with van der Waals surface area (Å²) in [5.74, 6) is 0. The summed E-state index contributed by atoms with van der Waals surface area (Å²) in [6, 6.07) is 6.27. The van der Waals surface area contributed by atoms with Gasteiger partial charge < -0.3 is 15.7 Å². The van der Waals surface area contributed by atoms with E-state index in [2.05, 4.69) is 42.7 Å². The Balaban J connectivity index is 2.18. The lowest BCUT2D eigenvalue weighted by molar-refractivity contribution is 0.148. The summed E-state index contributed by atoms with van der Waals surface area (Å²) >= 11 is 0. The van der Waals surface area contributed by atoms with Crippen LogP contribution in [0.1, 0.15) is 43.4 Å². The first-order chi connectivity index (χ1) is 10.3. The molecule has 0 spiro atoms. The van der Waals surface area contributed by atoms with Crippen LogP contribution in [0.5, 0.6) is 0 Å². The number of carbonyl (C=O) groups is 1. The lowest BCUT2D eigenvalue weighted by Crippen LogP contribution is -2.37. The van der Waals surface area contributed by atoms with Crippen LogP contribution in [0.3, 0.4) is 0 Å². The molecule has 4 nitrogen and oxygen atoms in total. The molecule has 0 saturated heterocycles.